The number of nitrogens with two attached hydrogens (primary N) is 1. The van der Waals surface area contributed by atoms with Crippen LogP contribution in [0.2, 0.25) is 0 Å². The molecule has 0 aliphatic carbocycles. The Bertz CT molecular complexity index is 413. The van der Waals surface area contributed by atoms with Gasteiger partial charge in [0.1, 0.15) is 5.54 Å². The molecule has 0 bridgehead atoms. The highest BCUT2D eigenvalue weighted by Gasteiger charge is 2.29. The summed E-state index contributed by atoms with van der Waals surface area (Å²) in [6.45, 7) is 3.87. The van der Waals surface area contributed by atoms with Crippen molar-refractivity contribution >= 4 is 5.90 Å². The minimum atomic E-state index is -0.687. The lowest BCUT2D eigenvalue weighted by atomic mass is 9.85. The maximum Gasteiger partial charge on any atom is 0.239 e. The molecule has 0 heterocycles. The van der Waals surface area contributed by atoms with Crippen LogP contribution in [0.3, 0.4) is 0 Å². The second-order valence-corrected chi connectivity index (χ2v) is 3.96. The molecule has 6 heteroatoms. The predicted octanol–water partition coefficient (Wildman–Crippen LogP) is 2.19. The lowest BCUT2D eigenvalue weighted by Crippen LogP contribution is -2.26. The maximum atomic E-state index is 11.1. The minimum Gasteiger partial charge on any atom is -0.374 e. The van der Waals surface area contributed by atoms with E-state index in [1.54, 1.807) is 24.3 Å². The molecule has 98 valence electrons. The van der Waals surface area contributed by atoms with E-state index in [9.17, 15) is 4.91 Å². The van der Waals surface area contributed by atoms with Crippen LogP contribution in [0.4, 0.5) is 0 Å². The Hall–Kier alpha value is -1.79. The van der Waals surface area contributed by atoms with E-state index in [0.29, 0.717) is 18.4 Å². The van der Waals surface area contributed by atoms with Crippen LogP contribution in [0.15, 0.2) is 29.4 Å². The molecule has 0 radical (unpaired) electrons. The zero-order valence-corrected chi connectivity index (χ0v) is 10.6. The first-order valence-corrected chi connectivity index (χ1v) is 5.80. The SMILES string of the molecule is CCC(CC)(N=O)c1ccc(C(=N)ONN)cc1. The molecule has 1 aromatic carbocycles. The van der Waals surface area contributed by atoms with Crippen LogP contribution < -0.4 is 11.4 Å². The molecule has 0 fully saturated rings. The molecular weight excluding hydrogens is 232 g/mol. The van der Waals surface area contributed by atoms with Crippen LogP contribution in [0.25, 0.3) is 0 Å². The van der Waals surface area contributed by atoms with Gasteiger partial charge in [0.25, 0.3) is 0 Å². The molecular formula is C12H18N4O2. The van der Waals surface area contributed by atoms with Crippen molar-refractivity contribution < 1.29 is 4.84 Å². The van der Waals surface area contributed by atoms with Crippen molar-refractivity contribution in [3.05, 3.63) is 40.3 Å². The molecule has 0 aromatic heterocycles. The van der Waals surface area contributed by atoms with Crippen molar-refractivity contribution in [1.29, 1.82) is 5.41 Å². The summed E-state index contributed by atoms with van der Waals surface area (Å²) in [4.78, 5) is 15.7. The van der Waals surface area contributed by atoms with E-state index in [2.05, 4.69) is 10.0 Å². The van der Waals surface area contributed by atoms with Crippen LogP contribution in [-0.2, 0) is 10.4 Å². The van der Waals surface area contributed by atoms with E-state index in [1.807, 2.05) is 19.4 Å². The molecule has 0 saturated carbocycles. The normalized spacial score (nSPS) is 11.1. The number of nitrogens with zero attached hydrogens (tertiary/aromatic N) is 1. The lowest BCUT2D eigenvalue weighted by molar-refractivity contribution is 0.183. The van der Waals surface area contributed by atoms with E-state index >= 15 is 0 Å². The van der Waals surface area contributed by atoms with Crippen molar-refractivity contribution in [1.82, 2.24) is 5.59 Å². The van der Waals surface area contributed by atoms with Gasteiger partial charge in [0.15, 0.2) is 0 Å². The van der Waals surface area contributed by atoms with Gasteiger partial charge in [-0.05, 0) is 30.5 Å². The first kappa shape index (κ1) is 14.3. The fourth-order valence-electron chi connectivity index (χ4n) is 1.89. The van der Waals surface area contributed by atoms with Crippen molar-refractivity contribution in [2.24, 2.45) is 11.0 Å². The number of nitroso groups, excluding NO2 is 1. The summed E-state index contributed by atoms with van der Waals surface area (Å²) in [6, 6.07) is 7.00. The third kappa shape index (κ3) is 2.72. The summed E-state index contributed by atoms with van der Waals surface area (Å²) in [5.74, 6) is 4.88. The fraction of sp³-hybridized carbons (Fsp3) is 0.417. The third-order valence-electron chi connectivity index (χ3n) is 3.19. The van der Waals surface area contributed by atoms with E-state index in [4.69, 9.17) is 11.3 Å². The quantitative estimate of drug-likeness (QED) is 0.237. The molecule has 6 nitrogen and oxygen atoms in total. The Labute approximate surface area is 106 Å². The number of nitrogens with one attached hydrogen (secondary N) is 2. The van der Waals surface area contributed by atoms with Gasteiger partial charge in [-0.25, -0.2) is 5.84 Å². The smallest absolute Gasteiger partial charge is 0.239 e. The first-order valence-electron chi connectivity index (χ1n) is 5.80. The highest BCUT2D eigenvalue weighted by Crippen LogP contribution is 2.32. The maximum absolute atomic E-state index is 11.1. The van der Waals surface area contributed by atoms with Gasteiger partial charge in [-0.1, -0.05) is 36.7 Å². The molecule has 4 N–H and O–H groups in total. The Kier molecular flexibility index (Phi) is 4.94. The number of hydrazine groups is 1. The van der Waals surface area contributed by atoms with Crippen LogP contribution in [-0.4, -0.2) is 5.90 Å². The monoisotopic (exact) mass is 250 g/mol. The number of benzene rings is 1. The molecule has 0 aliphatic heterocycles. The molecule has 0 atom stereocenters. The first-order chi connectivity index (χ1) is 8.63. The highest BCUT2D eigenvalue weighted by atomic mass is 16.7. The van der Waals surface area contributed by atoms with Crippen molar-refractivity contribution in [3.8, 4) is 0 Å². The van der Waals surface area contributed by atoms with E-state index in [0.717, 1.165) is 5.56 Å². The number of rotatable bonds is 6. The predicted molar refractivity (Wildman–Crippen MR) is 69.7 cm³/mol. The van der Waals surface area contributed by atoms with Crippen molar-refractivity contribution in [2.45, 2.75) is 32.2 Å². The van der Waals surface area contributed by atoms with Gasteiger partial charge in [0.2, 0.25) is 5.90 Å². The molecule has 0 aliphatic rings. The van der Waals surface area contributed by atoms with Gasteiger partial charge >= 0.3 is 0 Å². The van der Waals surface area contributed by atoms with Gasteiger partial charge in [0, 0.05) is 5.56 Å². The van der Waals surface area contributed by atoms with Crippen molar-refractivity contribution in [3.63, 3.8) is 0 Å². The average Bonchev–Trinajstić information content (AvgIpc) is 2.42. The van der Waals surface area contributed by atoms with Gasteiger partial charge < -0.3 is 4.84 Å². The lowest BCUT2D eigenvalue weighted by Gasteiger charge is -2.23. The number of hydrogen-bond donors (Lipinski definition) is 3. The summed E-state index contributed by atoms with van der Waals surface area (Å²) in [5, 5.41) is 10.8. The summed E-state index contributed by atoms with van der Waals surface area (Å²) in [7, 11) is 0. The summed E-state index contributed by atoms with van der Waals surface area (Å²) in [5.41, 5.74) is 2.68. The Morgan fingerprint density at radius 3 is 2.33 bits per heavy atom. The molecule has 0 unspecified atom stereocenters. The van der Waals surface area contributed by atoms with Gasteiger partial charge in [-0.15, -0.1) is 4.91 Å². The van der Waals surface area contributed by atoms with Gasteiger partial charge in [0.05, 0.1) is 0 Å². The van der Waals surface area contributed by atoms with Gasteiger partial charge in [-0.3, -0.25) is 5.41 Å². The standard InChI is InChI=1S/C12H18N4O2/c1-3-12(4-2,15-17)10-7-5-9(6-8-10)11(13)18-16-14/h5-8,13,16H,3-4,14H2,1-2H3. The summed E-state index contributed by atoms with van der Waals surface area (Å²) >= 11 is 0. The third-order valence-corrected chi connectivity index (χ3v) is 3.19. The Morgan fingerprint density at radius 2 is 1.94 bits per heavy atom. The Morgan fingerprint density at radius 1 is 1.39 bits per heavy atom. The average molecular weight is 250 g/mol. The van der Waals surface area contributed by atoms with E-state index in [1.165, 1.54) is 0 Å². The van der Waals surface area contributed by atoms with Crippen LogP contribution in [0.1, 0.15) is 37.8 Å². The van der Waals surface area contributed by atoms with Crippen LogP contribution in [0, 0.1) is 10.3 Å². The minimum absolute atomic E-state index is 0.0818. The van der Waals surface area contributed by atoms with Gasteiger partial charge in [-0.2, -0.15) is 0 Å². The molecule has 0 spiro atoms. The molecule has 18 heavy (non-hydrogen) atoms. The molecule has 0 saturated heterocycles. The van der Waals surface area contributed by atoms with E-state index in [-0.39, 0.29) is 5.90 Å². The summed E-state index contributed by atoms with van der Waals surface area (Å²) in [6.07, 6.45) is 1.29. The summed E-state index contributed by atoms with van der Waals surface area (Å²) < 4.78 is 0. The fourth-order valence-corrected chi connectivity index (χ4v) is 1.89. The van der Waals surface area contributed by atoms with Crippen LogP contribution >= 0.6 is 0 Å². The zero-order chi connectivity index (χ0) is 13.6. The van der Waals surface area contributed by atoms with Crippen LogP contribution in [0.5, 0.6) is 0 Å². The topological polar surface area (TPSA) is 101 Å². The number of hydrogen-bond acceptors (Lipinski definition) is 6. The molecule has 1 aromatic rings. The van der Waals surface area contributed by atoms with E-state index < -0.39 is 5.54 Å². The second kappa shape index (κ2) is 6.23. The largest absolute Gasteiger partial charge is 0.374 e. The van der Waals surface area contributed by atoms with Crippen molar-refractivity contribution in [2.75, 3.05) is 0 Å². The highest BCUT2D eigenvalue weighted by molar-refractivity contribution is 5.91. The zero-order valence-electron chi connectivity index (χ0n) is 10.6. The molecule has 0 amide bonds. The second-order valence-electron chi connectivity index (χ2n) is 3.96. The Balaban J connectivity index is 3.01. The molecule has 1 rings (SSSR count).